The van der Waals surface area contributed by atoms with Crippen LogP contribution < -0.4 is 0 Å². The fraction of sp³-hybridized carbons (Fsp3) is 0.917. The first kappa shape index (κ1) is 13.6. The van der Waals surface area contributed by atoms with Crippen LogP contribution in [-0.4, -0.2) is 31.0 Å². The highest BCUT2D eigenvalue weighted by atomic mass is 16.2. The summed E-state index contributed by atoms with van der Waals surface area (Å²) in [6, 6.07) is 0. The minimum Gasteiger partial charge on any atom is -0.265 e. The smallest absolute Gasteiger partial charge is 0.265 e. The summed E-state index contributed by atoms with van der Waals surface area (Å²) in [6.45, 7) is 5.27. The Kier molecular flexibility index (Phi) is 6.81. The predicted octanol–water partition coefficient (Wildman–Crippen LogP) is 2.97. The maximum atomic E-state index is 11.7. The number of unbranched alkanes of at least 4 members (excludes halogenated alkanes) is 3. The van der Waals surface area contributed by atoms with E-state index in [0.717, 1.165) is 19.4 Å². The summed E-state index contributed by atoms with van der Waals surface area (Å²) in [7, 11) is 4.06. The quantitative estimate of drug-likeness (QED) is 0.456. The zero-order valence-corrected chi connectivity index (χ0v) is 10.3. The van der Waals surface area contributed by atoms with Gasteiger partial charge in [0.2, 0.25) is 0 Å². The first-order chi connectivity index (χ1) is 6.54. The minimum absolute atomic E-state index is 0.379. The van der Waals surface area contributed by atoms with Crippen LogP contribution in [0.5, 0.6) is 0 Å². The summed E-state index contributed by atoms with van der Waals surface area (Å²) in [4.78, 5) is 11.7. The average molecular weight is 200 g/mol. The van der Waals surface area contributed by atoms with Crippen LogP contribution in [0.25, 0.3) is 0 Å². The van der Waals surface area contributed by atoms with Gasteiger partial charge in [0, 0.05) is 0 Å². The van der Waals surface area contributed by atoms with Gasteiger partial charge in [-0.15, -0.1) is 0 Å². The average Bonchev–Trinajstić information content (AvgIpc) is 2.13. The number of nitrogens with zero attached hydrogens (tertiary/aromatic N) is 1. The van der Waals surface area contributed by atoms with Crippen molar-refractivity contribution in [1.82, 2.24) is 0 Å². The van der Waals surface area contributed by atoms with E-state index in [1.165, 1.54) is 25.7 Å². The van der Waals surface area contributed by atoms with Gasteiger partial charge in [0.25, 0.3) is 0 Å². The molecule has 0 unspecified atom stereocenters. The fourth-order valence-corrected chi connectivity index (χ4v) is 1.58. The Morgan fingerprint density at radius 1 is 1.00 bits per heavy atom. The van der Waals surface area contributed by atoms with Crippen LogP contribution in [0, 0.1) is 0 Å². The second-order valence-corrected chi connectivity index (χ2v) is 4.61. The third kappa shape index (κ3) is 5.38. The first-order valence-electron chi connectivity index (χ1n) is 5.91. The Balaban J connectivity index is 3.76. The van der Waals surface area contributed by atoms with Crippen molar-refractivity contribution >= 4 is 5.91 Å². The molecule has 0 fully saturated rings. The van der Waals surface area contributed by atoms with Crippen LogP contribution >= 0.6 is 0 Å². The molecule has 0 spiro atoms. The molecular weight excluding hydrogens is 174 g/mol. The fourth-order valence-electron chi connectivity index (χ4n) is 1.58. The Morgan fingerprint density at radius 3 is 2.14 bits per heavy atom. The zero-order chi connectivity index (χ0) is 11.0. The van der Waals surface area contributed by atoms with Crippen molar-refractivity contribution in [3.05, 3.63) is 0 Å². The van der Waals surface area contributed by atoms with E-state index in [4.69, 9.17) is 0 Å². The van der Waals surface area contributed by atoms with Crippen LogP contribution in [0.4, 0.5) is 0 Å². The van der Waals surface area contributed by atoms with Crippen LogP contribution in [0.3, 0.4) is 0 Å². The van der Waals surface area contributed by atoms with E-state index in [0.29, 0.717) is 10.4 Å². The molecule has 0 saturated heterocycles. The lowest BCUT2D eigenvalue weighted by Crippen LogP contribution is -2.46. The van der Waals surface area contributed by atoms with E-state index >= 15 is 0 Å². The van der Waals surface area contributed by atoms with Gasteiger partial charge in [-0.3, -0.25) is 4.48 Å². The highest BCUT2D eigenvalue weighted by Gasteiger charge is 2.23. The van der Waals surface area contributed by atoms with E-state index in [1.54, 1.807) is 0 Å². The number of quaternary nitrogens is 1. The number of rotatable bonds is 7. The highest BCUT2D eigenvalue weighted by molar-refractivity contribution is 5.68. The van der Waals surface area contributed by atoms with E-state index in [1.807, 2.05) is 14.1 Å². The summed E-state index contributed by atoms with van der Waals surface area (Å²) in [5, 5.41) is 0. The van der Waals surface area contributed by atoms with Crippen molar-refractivity contribution in [3.63, 3.8) is 0 Å². The second kappa shape index (κ2) is 6.99. The lowest BCUT2D eigenvalue weighted by molar-refractivity contribution is -0.814. The number of carbonyl (C=O) groups excluding carboxylic acids is 1. The molecule has 0 N–H and O–H groups in total. The van der Waals surface area contributed by atoms with Gasteiger partial charge in [-0.1, -0.05) is 26.7 Å². The number of hydrogen-bond donors (Lipinski definition) is 0. The van der Waals surface area contributed by atoms with Gasteiger partial charge in [0.05, 0.1) is 27.1 Å². The molecule has 1 amide bonds. The normalized spacial score (nSPS) is 11.7. The molecule has 0 aromatic carbocycles. The monoisotopic (exact) mass is 200 g/mol. The molecule has 0 atom stereocenters. The topological polar surface area (TPSA) is 17.1 Å². The summed E-state index contributed by atoms with van der Waals surface area (Å²) in [6.07, 6.45) is 6.68. The van der Waals surface area contributed by atoms with E-state index < -0.39 is 0 Å². The summed E-state index contributed by atoms with van der Waals surface area (Å²) < 4.78 is 0.567. The molecule has 0 heterocycles. The van der Waals surface area contributed by atoms with Gasteiger partial charge < -0.3 is 0 Å². The van der Waals surface area contributed by atoms with Crippen LogP contribution in [-0.2, 0) is 4.79 Å². The molecule has 0 radical (unpaired) electrons. The molecule has 14 heavy (non-hydrogen) atoms. The molecule has 0 saturated carbocycles. The van der Waals surface area contributed by atoms with Crippen molar-refractivity contribution in [2.75, 3.05) is 20.6 Å². The van der Waals surface area contributed by atoms with Crippen molar-refractivity contribution < 1.29 is 9.28 Å². The van der Waals surface area contributed by atoms with Gasteiger partial charge in [-0.25, -0.2) is 4.79 Å². The molecule has 0 aromatic rings. The highest BCUT2D eigenvalue weighted by Crippen LogP contribution is 2.08. The van der Waals surface area contributed by atoms with Crippen LogP contribution in [0.15, 0.2) is 0 Å². The van der Waals surface area contributed by atoms with Crippen molar-refractivity contribution in [2.24, 2.45) is 0 Å². The molecule has 0 aliphatic rings. The SMILES string of the molecule is CCCCCC[N+](C)(C)C(=O)CCC. The standard InChI is InChI=1S/C12H26NO/c1-5-7-8-9-11-13(3,4)12(14)10-6-2/h5-11H2,1-4H3/q+1. The van der Waals surface area contributed by atoms with E-state index in [2.05, 4.69) is 13.8 Å². The third-order valence-electron chi connectivity index (χ3n) is 2.71. The molecule has 0 aliphatic carbocycles. The number of amides is 1. The Bertz CT molecular complexity index is 164. The Hall–Kier alpha value is -0.370. The largest absolute Gasteiger partial charge is 0.313 e. The molecular formula is C12H26NO+. The minimum atomic E-state index is 0.379. The lowest BCUT2D eigenvalue weighted by Gasteiger charge is -2.26. The van der Waals surface area contributed by atoms with E-state index in [-0.39, 0.29) is 0 Å². The molecule has 0 aromatic heterocycles. The molecule has 2 nitrogen and oxygen atoms in total. The van der Waals surface area contributed by atoms with Gasteiger partial charge >= 0.3 is 5.91 Å². The van der Waals surface area contributed by atoms with E-state index in [9.17, 15) is 4.79 Å². The Morgan fingerprint density at radius 2 is 1.64 bits per heavy atom. The second-order valence-electron chi connectivity index (χ2n) is 4.61. The lowest BCUT2D eigenvalue weighted by atomic mass is 10.2. The van der Waals surface area contributed by atoms with Gasteiger partial charge in [0.1, 0.15) is 0 Å². The summed E-state index contributed by atoms with van der Waals surface area (Å²) >= 11 is 0. The predicted molar refractivity (Wildman–Crippen MR) is 61.0 cm³/mol. The Labute approximate surface area is 88.9 Å². The van der Waals surface area contributed by atoms with Gasteiger partial charge in [-0.05, 0) is 19.3 Å². The van der Waals surface area contributed by atoms with Crippen molar-refractivity contribution in [3.8, 4) is 0 Å². The maximum Gasteiger partial charge on any atom is 0.313 e. The third-order valence-corrected chi connectivity index (χ3v) is 2.71. The zero-order valence-electron chi connectivity index (χ0n) is 10.3. The first-order valence-corrected chi connectivity index (χ1v) is 5.91. The molecule has 84 valence electrons. The van der Waals surface area contributed by atoms with Crippen LogP contribution in [0.1, 0.15) is 52.4 Å². The van der Waals surface area contributed by atoms with Crippen molar-refractivity contribution in [2.45, 2.75) is 52.4 Å². The van der Waals surface area contributed by atoms with Crippen LogP contribution in [0.2, 0.25) is 0 Å². The number of carbonyl (C=O) groups is 1. The molecule has 0 aliphatic heterocycles. The molecule has 0 bridgehead atoms. The number of hydrogen-bond acceptors (Lipinski definition) is 1. The van der Waals surface area contributed by atoms with Crippen molar-refractivity contribution in [1.29, 1.82) is 0 Å². The maximum absolute atomic E-state index is 11.7. The summed E-state index contributed by atoms with van der Waals surface area (Å²) in [5.74, 6) is 0.379. The molecule has 2 heteroatoms. The summed E-state index contributed by atoms with van der Waals surface area (Å²) in [5.41, 5.74) is 0. The molecule has 0 rings (SSSR count). The van der Waals surface area contributed by atoms with Gasteiger partial charge in [0.15, 0.2) is 0 Å². The van der Waals surface area contributed by atoms with Gasteiger partial charge in [-0.2, -0.15) is 0 Å².